The molecule has 23 heavy (non-hydrogen) atoms. The molecular weight excluding hydrogens is 296 g/mol. The molecule has 0 radical (unpaired) electrons. The van der Waals surface area contributed by atoms with Gasteiger partial charge in [0.2, 0.25) is 0 Å². The molecule has 1 rings (SSSR count). The van der Waals surface area contributed by atoms with Crippen LogP contribution >= 0.6 is 0 Å². The Bertz CT molecular complexity index is 462. The third-order valence-electron chi connectivity index (χ3n) is 3.31. The summed E-state index contributed by atoms with van der Waals surface area (Å²) in [5, 5.41) is 2.92. The zero-order valence-corrected chi connectivity index (χ0v) is 15.2. The molecule has 0 spiro atoms. The predicted molar refractivity (Wildman–Crippen MR) is 89.3 cm³/mol. The minimum absolute atomic E-state index is 0.366. The fourth-order valence-corrected chi connectivity index (χ4v) is 2.47. The van der Waals surface area contributed by atoms with Crippen LogP contribution in [0.3, 0.4) is 0 Å². The molecule has 0 aromatic carbocycles. The topological polar surface area (TPSA) is 67.9 Å². The number of carbonyl (C=O) groups excluding carboxylic acids is 2. The molecule has 1 aliphatic heterocycles. The molecule has 0 aromatic heterocycles. The van der Waals surface area contributed by atoms with Crippen molar-refractivity contribution >= 4 is 12.2 Å². The maximum atomic E-state index is 12.2. The molecule has 0 aromatic rings. The maximum absolute atomic E-state index is 12.2. The lowest BCUT2D eigenvalue weighted by atomic mass is 9.94. The molecule has 6 nitrogen and oxygen atoms in total. The number of hydrogen-bond acceptors (Lipinski definition) is 4. The normalized spacial score (nSPS) is 21.7. The second-order valence-corrected chi connectivity index (χ2v) is 8.05. The van der Waals surface area contributed by atoms with Crippen LogP contribution in [-0.4, -0.2) is 46.9 Å². The summed E-state index contributed by atoms with van der Waals surface area (Å²) in [6.45, 7) is 15.6. The summed E-state index contributed by atoms with van der Waals surface area (Å²) in [4.78, 5) is 25.9. The SMILES string of the molecule is C=CCC1(NC(=O)OC(C)(C)C)CCN(C(=O)OC(C)(C)C)C1. The lowest BCUT2D eigenvalue weighted by Gasteiger charge is -2.31. The van der Waals surface area contributed by atoms with Crippen LogP contribution < -0.4 is 5.32 Å². The molecule has 0 aliphatic carbocycles. The van der Waals surface area contributed by atoms with Gasteiger partial charge in [-0.05, 0) is 54.4 Å². The molecule has 1 N–H and O–H groups in total. The van der Waals surface area contributed by atoms with Gasteiger partial charge in [0.15, 0.2) is 0 Å². The molecular formula is C17H30N2O4. The van der Waals surface area contributed by atoms with Crippen LogP contribution in [0.4, 0.5) is 9.59 Å². The van der Waals surface area contributed by atoms with E-state index in [-0.39, 0.29) is 6.09 Å². The Morgan fingerprint density at radius 1 is 1.17 bits per heavy atom. The first kappa shape index (κ1) is 19.3. The first-order valence-corrected chi connectivity index (χ1v) is 7.96. The second kappa shape index (κ2) is 6.81. The Kier molecular flexibility index (Phi) is 5.72. The number of hydrogen-bond donors (Lipinski definition) is 1. The van der Waals surface area contributed by atoms with E-state index >= 15 is 0 Å². The highest BCUT2D eigenvalue weighted by Gasteiger charge is 2.42. The van der Waals surface area contributed by atoms with E-state index in [1.807, 2.05) is 41.5 Å². The fraction of sp³-hybridized carbons (Fsp3) is 0.765. The number of rotatable bonds is 3. The van der Waals surface area contributed by atoms with Gasteiger partial charge < -0.3 is 19.7 Å². The predicted octanol–water partition coefficient (Wildman–Crippen LogP) is 3.47. The first-order valence-electron chi connectivity index (χ1n) is 7.96. The average Bonchev–Trinajstić information content (AvgIpc) is 2.68. The Labute approximate surface area is 139 Å². The van der Waals surface area contributed by atoms with Crippen molar-refractivity contribution in [3.05, 3.63) is 12.7 Å². The Morgan fingerprint density at radius 3 is 2.22 bits per heavy atom. The van der Waals surface area contributed by atoms with E-state index < -0.39 is 22.8 Å². The van der Waals surface area contributed by atoms with E-state index in [1.165, 1.54) is 0 Å². The number of amides is 2. The third-order valence-corrected chi connectivity index (χ3v) is 3.31. The molecule has 1 heterocycles. The Hall–Kier alpha value is -1.72. The van der Waals surface area contributed by atoms with Gasteiger partial charge in [-0.1, -0.05) is 6.08 Å². The summed E-state index contributed by atoms with van der Waals surface area (Å²) in [7, 11) is 0. The second-order valence-electron chi connectivity index (χ2n) is 8.05. The molecule has 132 valence electrons. The third kappa shape index (κ3) is 6.50. The van der Waals surface area contributed by atoms with Crippen LogP contribution in [0.2, 0.25) is 0 Å². The number of ether oxygens (including phenoxy) is 2. The van der Waals surface area contributed by atoms with E-state index in [4.69, 9.17) is 9.47 Å². The number of alkyl carbamates (subject to hydrolysis) is 1. The standard InChI is InChI=1S/C17H30N2O4/c1-8-9-17(18-13(20)22-15(2,3)4)10-11-19(12-17)14(21)23-16(5,6)7/h8H,1,9-12H2,2-7H3,(H,18,20). The van der Waals surface area contributed by atoms with Crippen molar-refractivity contribution in [3.63, 3.8) is 0 Å². The molecule has 0 saturated carbocycles. The smallest absolute Gasteiger partial charge is 0.410 e. The van der Waals surface area contributed by atoms with Gasteiger partial charge in [0, 0.05) is 13.1 Å². The van der Waals surface area contributed by atoms with Crippen LogP contribution in [0.5, 0.6) is 0 Å². The van der Waals surface area contributed by atoms with Crippen LogP contribution in [0.1, 0.15) is 54.4 Å². The van der Waals surface area contributed by atoms with Crippen molar-refractivity contribution in [1.82, 2.24) is 10.2 Å². The number of likely N-dealkylation sites (tertiary alicyclic amines) is 1. The molecule has 1 unspecified atom stereocenters. The van der Waals surface area contributed by atoms with Crippen molar-refractivity contribution in [2.24, 2.45) is 0 Å². The van der Waals surface area contributed by atoms with Gasteiger partial charge in [-0.25, -0.2) is 9.59 Å². The fourth-order valence-electron chi connectivity index (χ4n) is 2.47. The molecule has 2 amide bonds. The van der Waals surface area contributed by atoms with Crippen LogP contribution in [0.15, 0.2) is 12.7 Å². The number of nitrogens with one attached hydrogen (secondary N) is 1. The Balaban J connectivity index is 2.74. The van der Waals surface area contributed by atoms with Gasteiger partial charge in [0.1, 0.15) is 11.2 Å². The zero-order valence-electron chi connectivity index (χ0n) is 15.2. The quantitative estimate of drug-likeness (QED) is 0.806. The lowest BCUT2D eigenvalue weighted by Crippen LogP contribution is -2.52. The van der Waals surface area contributed by atoms with Crippen molar-refractivity contribution in [1.29, 1.82) is 0 Å². The lowest BCUT2D eigenvalue weighted by molar-refractivity contribution is 0.0262. The molecule has 0 bridgehead atoms. The summed E-state index contributed by atoms with van der Waals surface area (Å²) in [5.41, 5.74) is -1.66. The maximum Gasteiger partial charge on any atom is 0.410 e. The number of carbonyl (C=O) groups is 2. The molecule has 1 atom stereocenters. The van der Waals surface area contributed by atoms with Gasteiger partial charge >= 0.3 is 12.2 Å². The van der Waals surface area contributed by atoms with Gasteiger partial charge in [-0.15, -0.1) is 6.58 Å². The largest absolute Gasteiger partial charge is 0.444 e. The van der Waals surface area contributed by atoms with Gasteiger partial charge in [0.25, 0.3) is 0 Å². The van der Waals surface area contributed by atoms with Gasteiger partial charge in [0.05, 0.1) is 5.54 Å². The molecule has 1 fully saturated rings. The van der Waals surface area contributed by atoms with E-state index in [1.54, 1.807) is 11.0 Å². The van der Waals surface area contributed by atoms with Gasteiger partial charge in [-0.3, -0.25) is 0 Å². The van der Waals surface area contributed by atoms with E-state index in [0.717, 1.165) is 0 Å². The first-order chi connectivity index (χ1) is 10.4. The van der Waals surface area contributed by atoms with Crippen molar-refractivity contribution in [2.75, 3.05) is 13.1 Å². The van der Waals surface area contributed by atoms with Crippen molar-refractivity contribution < 1.29 is 19.1 Å². The summed E-state index contributed by atoms with van der Waals surface area (Å²) < 4.78 is 10.7. The highest BCUT2D eigenvalue weighted by Crippen LogP contribution is 2.27. The minimum atomic E-state index is -0.567. The Morgan fingerprint density at radius 2 is 1.74 bits per heavy atom. The monoisotopic (exact) mass is 326 g/mol. The zero-order chi connectivity index (χ0) is 17.9. The highest BCUT2D eigenvalue weighted by molar-refractivity contribution is 5.71. The molecule has 1 aliphatic rings. The summed E-state index contributed by atoms with van der Waals surface area (Å²) >= 11 is 0. The van der Waals surface area contributed by atoms with Gasteiger partial charge in [-0.2, -0.15) is 0 Å². The van der Waals surface area contributed by atoms with E-state index in [9.17, 15) is 9.59 Å². The van der Waals surface area contributed by atoms with Crippen LogP contribution in [0, 0.1) is 0 Å². The summed E-state index contributed by atoms with van der Waals surface area (Å²) in [5.74, 6) is 0. The van der Waals surface area contributed by atoms with Crippen molar-refractivity contribution in [2.45, 2.75) is 71.1 Å². The average molecular weight is 326 g/mol. The number of nitrogens with zero attached hydrogens (tertiary/aromatic N) is 1. The highest BCUT2D eigenvalue weighted by atomic mass is 16.6. The van der Waals surface area contributed by atoms with Crippen LogP contribution in [0.25, 0.3) is 0 Å². The van der Waals surface area contributed by atoms with E-state index in [2.05, 4.69) is 11.9 Å². The minimum Gasteiger partial charge on any atom is -0.444 e. The van der Waals surface area contributed by atoms with E-state index in [0.29, 0.717) is 25.9 Å². The molecule has 1 saturated heterocycles. The van der Waals surface area contributed by atoms with Crippen LogP contribution in [-0.2, 0) is 9.47 Å². The summed E-state index contributed by atoms with van der Waals surface area (Å²) in [6, 6.07) is 0. The molecule has 6 heteroatoms. The van der Waals surface area contributed by atoms with Crippen molar-refractivity contribution in [3.8, 4) is 0 Å². The summed E-state index contributed by atoms with van der Waals surface area (Å²) in [6.07, 6.45) is 2.10.